The highest BCUT2D eigenvalue weighted by Crippen LogP contribution is 2.23. The number of nitrogens with one attached hydrogen (secondary N) is 1. The zero-order valence-corrected chi connectivity index (χ0v) is 12.0. The molecule has 0 amide bonds. The van der Waals surface area contributed by atoms with Crippen molar-refractivity contribution in [2.45, 2.75) is 11.9 Å². The van der Waals surface area contributed by atoms with E-state index in [-0.39, 0.29) is 10.8 Å². The van der Waals surface area contributed by atoms with Crippen LogP contribution in [0.1, 0.15) is 5.69 Å². The predicted molar refractivity (Wildman–Crippen MR) is 79.4 cm³/mol. The summed E-state index contributed by atoms with van der Waals surface area (Å²) in [7, 11) is -3.86. The number of aromatic nitrogens is 3. The predicted octanol–water partition coefficient (Wildman–Crippen LogP) is 1.42. The number of anilines is 2. The lowest BCUT2D eigenvalue weighted by molar-refractivity contribution is 0.597. The molecule has 0 saturated heterocycles. The number of pyridine rings is 2. The Morgan fingerprint density at radius 3 is 2.81 bits per heavy atom. The molecule has 7 nitrogen and oxygen atoms in total. The standard InChI is InChI=1S/C13H13N5O2S/c1-9-10(5-4-7-15-9)17-21(19,20)13-12(14)16-11-6-2-3-8-18(11)13/h2-8,17H,14H2,1H3. The summed E-state index contributed by atoms with van der Waals surface area (Å²) in [4.78, 5) is 8.10. The number of sulfonamides is 1. The Labute approximate surface area is 121 Å². The molecule has 0 fully saturated rings. The maximum Gasteiger partial charge on any atom is 0.281 e. The smallest absolute Gasteiger partial charge is 0.281 e. The zero-order valence-electron chi connectivity index (χ0n) is 11.2. The first kappa shape index (κ1) is 13.4. The molecular weight excluding hydrogens is 290 g/mol. The van der Waals surface area contributed by atoms with Crippen molar-refractivity contribution in [3.05, 3.63) is 48.4 Å². The van der Waals surface area contributed by atoms with E-state index in [0.29, 0.717) is 17.0 Å². The van der Waals surface area contributed by atoms with Crippen LogP contribution in [0.5, 0.6) is 0 Å². The highest BCUT2D eigenvalue weighted by atomic mass is 32.2. The van der Waals surface area contributed by atoms with Crippen LogP contribution in [0.3, 0.4) is 0 Å². The van der Waals surface area contributed by atoms with Gasteiger partial charge in [0.05, 0.1) is 11.4 Å². The summed E-state index contributed by atoms with van der Waals surface area (Å²) in [5, 5.41) is -0.0821. The van der Waals surface area contributed by atoms with E-state index in [1.54, 1.807) is 49.6 Å². The Balaban J connectivity index is 2.13. The van der Waals surface area contributed by atoms with E-state index >= 15 is 0 Å². The molecule has 0 saturated carbocycles. The number of nitrogen functional groups attached to an aromatic ring is 1. The second-order valence-corrected chi connectivity index (χ2v) is 6.07. The van der Waals surface area contributed by atoms with Gasteiger partial charge < -0.3 is 5.73 Å². The highest BCUT2D eigenvalue weighted by molar-refractivity contribution is 7.92. The van der Waals surface area contributed by atoms with E-state index in [1.807, 2.05) is 0 Å². The van der Waals surface area contributed by atoms with Crippen LogP contribution < -0.4 is 10.5 Å². The van der Waals surface area contributed by atoms with Crippen molar-refractivity contribution in [2.75, 3.05) is 10.5 Å². The van der Waals surface area contributed by atoms with Gasteiger partial charge in [-0.05, 0) is 31.2 Å². The van der Waals surface area contributed by atoms with Crippen molar-refractivity contribution in [3.8, 4) is 0 Å². The molecule has 108 valence electrons. The summed E-state index contributed by atoms with van der Waals surface area (Å²) < 4.78 is 29.1. The van der Waals surface area contributed by atoms with Crippen molar-refractivity contribution in [2.24, 2.45) is 0 Å². The van der Waals surface area contributed by atoms with Gasteiger partial charge in [-0.1, -0.05) is 6.07 Å². The number of rotatable bonds is 3. The van der Waals surface area contributed by atoms with Gasteiger partial charge in [-0.15, -0.1) is 0 Å². The maximum atomic E-state index is 12.6. The molecule has 0 bridgehead atoms. The van der Waals surface area contributed by atoms with E-state index in [9.17, 15) is 8.42 Å². The van der Waals surface area contributed by atoms with E-state index in [0.717, 1.165) is 0 Å². The lowest BCUT2D eigenvalue weighted by Crippen LogP contribution is -2.17. The van der Waals surface area contributed by atoms with E-state index in [2.05, 4.69) is 14.7 Å². The quantitative estimate of drug-likeness (QED) is 0.762. The van der Waals surface area contributed by atoms with Gasteiger partial charge in [0.15, 0.2) is 5.82 Å². The van der Waals surface area contributed by atoms with Gasteiger partial charge >= 0.3 is 0 Å². The first-order valence-corrected chi connectivity index (χ1v) is 7.64. The monoisotopic (exact) mass is 303 g/mol. The molecule has 8 heteroatoms. The van der Waals surface area contributed by atoms with Crippen LogP contribution in [0.2, 0.25) is 0 Å². The molecule has 0 aromatic carbocycles. The van der Waals surface area contributed by atoms with Gasteiger partial charge in [-0.2, -0.15) is 8.42 Å². The van der Waals surface area contributed by atoms with Crippen LogP contribution >= 0.6 is 0 Å². The van der Waals surface area contributed by atoms with Gasteiger partial charge in [0.1, 0.15) is 5.65 Å². The molecule has 3 rings (SSSR count). The Bertz CT molecular complexity index is 917. The van der Waals surface area contributed by atoms with Crippen LogP contribution in [0.25, 0.3) is 5.65 Å². The molecule has 0 spiro atoms. The van der Waals surface area contributed by atoms with E-state index in [4.69, 9.17) is 5.73 Å². The average molecular weight is 303 g/mol. The number of hydrogen-bond donors (Lipinski definition) is 2. The van der Waals surface area contributed by atoms with Crippen molar-refractivity contribution >= 4 is 27.2 Å². The minimum atomic E-state index is -3.86. The molecule has 3 aromatic heterocycles. The molecule has 21 heavy (non-hydrogen) atoms. The largest absolute Gasteiger partial charge is 0.381 e. The Hall–Kier alpha value is -2.61. The number of aryl methyl sites for hydroxylation is 1. The minimum Gasteiger partial charge on any atom is -0.381 e. The summed E-state index contributed by atoms with van der Waals surface area (Å²) in [6, 6.07) is 8.45. The van der Waals surface area contributed by atoms with E-state index in [1.165, 1.54) is 4.40 Å². The first-order valence-electron chi connectivity index (χ1n) is 6.16. The maximum absolute atomic E-state index is 12.6. The second-order valence-electron chi connectivity index (χ2n) is 4.47. The van der Waals surface area contributed by atoms with Crippen molar-refractivity contribution in [1.82, 2.24) is 14.4 Å². The third-order valence-electron chi connectivity index (χ3n) is 3.02. The van der Waals surface area contributed by atoms with Crippen molar-refractivity contribution in [1.29, 1.82) is 0 Å². The van der Waals surface area contributed by atoms with Crippen molar-refractivity contribution < 1.29 is 8.42 Å². The van der Waals surface area contributed by atoms with Gasteiger partial charge in [0.2, 0.25) is 5.03 Å². The SMILES string of the molecule is Cc1ncccc1NS(=O)(=O)c1c(N)nc2ccccn12. The third kappa shape index (κ3) is 2.29. The molecule has 0 unspecified atom stereocenters. The lowest BCUT2D eigenvalue weighted by Gasteiger charge is -2.09. The molecule has 3 aromatic rings. The Morgan fingerprint density at radius 1 is 1.24 bits per heavy atom. The third-order valence-corrected chi connectivity index (χ3v) is 4.42. The Morgan fingerprint density at radius 2 is 2.05 bits per heavy atom. The number of hydrogen-bond acceptors (Lipinski definition) is 5. The summed E-state index contributed by atoms with van der Waals surface area (Å²) in [5.74, 6) is -0.0461. The van der Waals surface area contributed by atoms with Gasteiger partial charge in [0, 0.05) is 12.4 Å². The van der Waals surface area contributed by atoms with E-state index < -0.39 is 10.0 Å². The highest BCUT2D eigenvalue weighted by Gasteiger charge is 2.24. The summed E-state index contributed by atoms with van der Waals surface area (Å²) in [5.41, 5.74) is 7.22. The van der Waals surface area contributed by atoms with Crippen LogP contribution in [-0.4, -0.2) is 22.8 Å². The zero-order chi connectivity index (χ0) is 15.0. The molecule has 0 aliphatic rings. The fourth-order valence-electron chi connectivity index (χ4n) is 2.04. The Kier molecular flexibility index (Phi) is 3.02. The lowest BCUT2D eigenvalue weighted by atomic mass is 10.3. The minimum absolute atomic E-state index is 0.0461. The molecular formula is C13H13N5O2S. The number of nitrogens with two attached hydrogens (primary N) is 1. The summed E-state index contributed by atoms with van der Waals surface area (Å²) >= 11 is 0. The van der Waals surface area contributed by atoms with Gasteiger partial charge in [-0.25, -0.2) is 4.98 Å². The first-order chi connectivity index (χ1) is 9.99. The molecule has 3 heterocycles. The summed E-state index contributed by atoms with van der Waals surface area (Å²) in [6.07, 6.45) is 3.19. The number of fused-ring (bicyclic) bond motifs is 1. The van der Waals surface area contributed by atoms with Gasteiger partial charge in [-0.3, -0.25) is 14.1 Å². The molecule has 0 radical (unpaired) electrons. The van der Waals surface area contributed by atoms with Crippen molar-refractivity contribution in [3.63, 3.8) is 0 Å². The fraction of sp³-hybridized carbons (Fsp3) is 0.0769. The topological polar surface area (TPSA) is 102 Å². The molecule has 0 aliphatic carbocycles. The molecule has 3 N–H and O–H groups in total. The van der Waals surface area contributed by atoms with Gasteiger partial charge in [0.25, 0.3) is 10.0 Å². The fourth-order valence-corrected chi connectivity index (χ4v) is 3.38. The van der Waals surface area contributed by atoms with Crippen LogP contribution in [0, 0.1) is 6.92 Å². The molecule has 0 atom stereocenters. The number of imidazole rings is 1. The molecule has 0 aliphatic heterocycles. The van der Waals surface area contributed by atoms with Crippen LogP contribution in [0.4, 0.5) is 11.5 Å². The van der Waals surface area contributed by atoms with Crippen LogP contribution in [0.15, 0.2) is 47.8 Å². The second kappa shape index (κ2) is 4.74. The van der Waals surface area contributed by atoms with Crippen LogP contribution in [-0.2, 0) is 10.0 Å². The normalized spacial score (nSPS) is 11.7. The number of nitrogens with zero attached hydrogens (tertiary/aromatic N) is 3. The average Bonchev–Trinajstić information content (AvgIpc) is 2.77. The summed E-state index contributed by atoms with van der Waals surface area (Å²) in [6.45, 7) is 1.72.